The first kappa shape index (κ1) is 28.8. The Hall–Kier alpha value is -2.25. The van der Waals surface area contributed by atoms with Crippen molar-refractivity contribution in [3.8, 4) is 0 Å². The van der Waals surface area contributed by atoms with Crippen molar-refractivity contribution in [3.05, 3.63) is 0 Å². The molecule has 188 valence electrons. The number of carbonyl (C=O) groups excluding carboxylic acids is 4. The van der Waals surface area contributed by atoms with E-state index in [-0.39, 0.29) is 31.6 Å². The zero-order chi connectivity index (χ0) is 24.5. The first-order valence-electron chi connectivity index (χ1n) is 12.7. The SMILES string of the molecule is CCCCCCCCCCCCCCCC(=O)N[C@@H](CCC(=O)C1CC(=O)NC1=O)C(=O)O. The fourth-order valence-corrected chi connectivity index (χ4v) is 4.10. The van der Waals surface area contributed by atoms with E-state index in [1.54, 1.807) is 0 Å². The maximum absolute atomic E-state index is 12.1. The molecule has 3 N–H and O–H groups in total. The third-order valence-corrected chi connectivity index (χ3v) is 6.18. The summed E-state index contributed by atoms with van der Waals surface area (Å²) in [7, 11) is 0. The molecule has 1 aliphatic heterocycles. The fourth-order valence-electron chi connectivity index (χ4n) is 4.10. The number of aliphatic carboxylic acids is 1. The van der Waals surface area contributed by atoms with Crippen molar-refractivity contribution < 1.29 is 29.1 Å². The van der Waals surface area contributed by atoms with E-state index in [0.29, 0.717) is 6.42 Å². The number of carboxylic acid groups (broad SMARTS) is 1. The number of carbonyl (C=O) groups is 5. The highest BCUT2D eigenvalue weighted by molar-refractivity contribution is 6.14. The van der Waals surface area contributed by atoms with Gasteiger partial charge in [-0.2, -0.15) is 0 Å². The average molecular weight is 467 g/mol. The molecule has 0 saturated carbocycles. The van der Waals surface area contributed by atoms with Crippen LogP contribution in [0.2, 0.25) is 0 Å². The number of rotatable bonds is 20. The Bertz CT molecular complexity index is 649. The van der Waals surface area contributed by atoms with Gasteiger partial charge in [-0.1, -0.05) is 84.0 Å². The Morgan fingerprint density at radius 2 is 1.39 bits per heavy atom. The first-order chi connectivity index (χ1) is 15.8. The third kappa shape index (κ3) is 13.1. The van der Waals surface area contributed by atoms with Gasteiger partial charge >= 0.3 is 5.97 Å². The first-order valence-corrected chi connectivity index (χ1v) is 12.7. The molecular formula is C25H42N2O6. The lowest BCUT2D eigenvalue weighted by Gasteiger charge is -2.15. The maximum atomic E-state index is 12.1. The minimum absolute atomic E-state index is 0.101. The van der Waals surface area contributed by atoms with Gasteiger partial charge in [0.15, 0.2) is 0 Å². The van der Waals surface area contributed by atoms with Crippen LogP contribution in [-0.4, -0.2) is 40.6 Å². The highest BCUT2D eigenvalue weighted by atomic mass is 16.4. The second-order valence-corrected chi connectivity index (χ2v) is 9.13. The molecule has 0 aromatic rings. The van der Waals surface area contributed by atoms with E-state index in [2.05, 4.69) is 17.6 Å². The molecule has 0 aromatic carbocycles. The number of hydrogen-bond donors (Lipinski definition) is 3. The maximum Gasteiger partial charge on any atom is 0.326 e. The molecule has 1 saturated heterocycles. The second-order valence-electron chi connectivity index (χ2n) is 9.13. The molecule has 1 unspecified atom stereocenters. The lowest BCUT2D eigenvalue weighted by molar-refractivity contribution is -0.142. The van der Waals surface area contributed by atoms with Gasteiger partial charge < -0.3 is 10.4 Å². The topological polar surface area (TPSA) is 130 Å². The van der Waals surface area contributed by atoms with Crippen molar-refractivity contribution in [2.45, 2.75) is 122 Å². The summed E-state index contributed by atoms with van der Waals surface area (Å²) in [4.78, 5) is 58.3. The monoisotopic (exact) mass is 466 g/mol. The van der Waals surface area contributed by atoms with Gasteiger partial charge in [-0.05, 0) is 12.8 Å². The standard InChI is InChI=1S/C25H42N2O6/c1-2-3-4-5-6-7-8-9-10-11-12-13-14-15-22(29)26-20(25(32)33)16-17-21(28)19-18-23(30)27-24(19)31/h19-20H,2-18H2,1H3,(H,26,29)(H,32,33)(H,27,30,31)/t19?,20-/m0/s1. The van der Waals surface area contributed by atoms with E-state index in [1.165, 1.54) is 57.8 Å². The van der Waals surface area contributed by atoms with Gasteiger partial charge in [-0.3, -0.25) is 24.5 Å². The molecule has 0 spiro atoms. The van der Waals surface area contributed by atoms with Gasteiger partial charge in [0.1, 0.15) is 17.7 Å². The van der Waals surface area contributed by atoms with Gasteiger partial charge in [0.2, 0.25) is 17.7 Å². The van der Waals surface area contributed by atoms with Gasteiger partial charge in [-0.15, -0.1) is 0 Å². The van der Waals surface area contributed by atoms with E-state index < -0.39 is 35.5 Å². The van der Waals surface area contributed by atoms with Gasteiger partial charge in [-0.25, -0.2) is 4.79 Å². The lowest BCUT2D eigenvalue weighted by Crippen LogP contribution is -2.41. The molecule has 2 atom stereocenters. The van der Waals surface area contributed by atoms with Crippen LogP contribution in [-0.2, 0) is 24.0 Å². The Kier molecular flexibility index (Phi) is 15.1. The minimum atomic E-state index is -1.21. The normalized spacial score (nSPS) is 16.5. The molecule has 0 aromatic heterocycles. The number of unbranched alkanes of at least 4 members (excludes halogenated alkanes) is 12. The van der Waals surface area contributed by atoms with Crippen molar-refractivity contribution in [1.82, 2.24) is 10.6 Å². The summed E-state index contributed by atoms with van der Waals surface area (Å²) in [5.74, 6) is -4.22. The molecule has 1 aliphatic rings. The largest absolute Gasteiger partial charge is 0.480 e. The Balaban J connectivity index is 2.08. The number of nitrogens with one attached hydrogen (secondary N) is 2. The number of amides is 3. The Labute approximate surface area is 197 Å². The molecule has 0 aliphatic carbocycles. The van der Waals surface area contributed by atoms with Crippen LogP contribution in [0.3, 0.4) is 0 Å². The van der Waals surface area contributed by atoms with Crippen LogP contribution >= 0.6 is 0 Å². The third-order valence-electron chi connectivity index (χ3n) is 6.18. The van der Waals surface area contributed by atoms with Crippen molar-refractivity contribution in [2.24, 2.45) is 5.92 Å². The summed E-state index contributed by atoms with van der Waals surface area (Å²) in [5, 5.41) is 13.9. The number of ketones is 1. The highest BCUT2D eigenvalue weighted by Crippen LogP contribution is 2.16. The lowest BCUT2D eigenvalue weighted by atomic mass is 9.96. The Morgan fingerprint density at radius 1 is 0.879 bits per heavy atom. The number of imide groups is 1. The summed E-state index contributed by atoms with van der Waals surface area (Å²) in [6, 6.07) is -1.18. The molecule has 1 rings (SSSR count). The summed E-state index contributed by atoms with van der Waals surface area (Å²) in [5.41, 5.74) is 0. The van der Waals surface area contributed by atoms with Crippen LogP contribution in [0.4, 0.5) is 0 Å². The zero-order valence-corrected chi connectivity index (χ0v) is 20.2. The molecule has 33 heavy (non-hydrogen) atoms. The van der Waals surface area contributed by atoms with Crippen LogP contribution < -0.4 is 10.6 Å². The summed E-state index contributed by atoms with van der Waals surface area (Å²) in [6.45, 7) is 2.23. The second kappa shape index (κ2) is 17.3. The fraction of sp³-hybridized carbons (Fsp3) is 0.800. The smallest absolute Gasteiger partial charge is 0.326 e. The Morgan fingerprint density at radius 3 is 1.85 bits per heavy atom. The van der Waals surface area contributed by atoms with E-state index in [9.17, 15) is 29.1 Å². The molecule has 1 heterocycles. The summed E-state index contributed by atoms with van der Waals surface area (Å²) in [6.07, 6.45) is 15.5. The van der Waals surface area contributed by atoms with Crippen molar-refractivity contribution >= 4 is 29.5 Å². The minimum Gasteiger partial charge on any atom is -0.480 e. The number of hydrogen-bond acceptors (Lipinski definition) is 5. The van der Waals surface area contributed by atoms with Gasteiger partial charge in [0.25, 0.3) is 0 Å². The summed E-state index contributed by atoms with van der Waals surface area (Å²) >= 11 is 0. The molecule has 0 bridgehead atoms. The zero-order valence-electron chi connectivity index (χ0n) is 20.2. The van der Waals surface area contributed by atoms with Crippen molar-refractivity contribution in [2.75, 3.05) is 0 Å². The van der Waals surface area contributed by atoms with E-state index in [1.807, 2.05) is 0 Å². The predicted molar refractivity (Wildman–Crippen MR) is 125 cm³/mol. The van der Waals surface area contributed by atoms with E-state index in [4.69, 9.17) is 0 Å². The van der Waals surface area contributed by atoms with Crippen LogP contribution in [0.25, 0.3) is 0 Å². The molecule has 8 heteroatoms. The van der Waals surface area contributed by atoms with Gasteiger partial charge in [0.05, 0.1) is 0 Å². The highest BCUT2D eigenvalue weighted by Gasteiger charge is 2.36. The van der Waals surface area contributed by atoms with Crippen LogP contribution in [0.5, 0.6) is 0 Å². The number of Topliss-reactive ketones (excluding diaryl/α,β-unsaturated/α-hetero) is 1. The molecule has 1 fully saturated rings. The molecule has 3 amide bonds. The van der Waals surface area contributed by atoms with Crippen molar-refractivity contribution in [3.63, 3.8) is 0 Å². The van der Waals surface area contributed by atoms with E-state index >= 15 is 0 Å². The molecule has 8 nitrogen and oxygen atoms in total. The van der Waals surface area contributed by atoms with Crippen LogP contribution in [0, 0.1) is 5.92 Å². The van der Waals surface area contributed by atoms with Crippen LogP contribution in [0.15, 0.2) is 0 Å². The van der Waals surface area contributed by atoms with E-state index in [0.717, 1.165) is 19.3 Å². The van der Waals surface area contributed by atoms with Crippen molar-refractivity contribution in [1.29, 1.82) is 0 Å². The average Bonchev–Trinajstić information content (AvgIpc) is 3.11. The molecular weight excluding hydrogens is 424 g/mol. The number of carboxylic acids is 1. The summed E-state index contributed by atoms with van der Waals surface area (Å²) < 4.78 is 0. The quantitative estimate of drug-likeness (QED) is 0.141. The van der Waals surface area contributed by atoms with Gasteiger partial charge in [0, 0.05) is 19.3 Å². The van der Waals surface area contributed by atoms with Crippen LogP contribution in [0.1, 0.15) is 116 Å². The molecule has 0 radical (unpaired) electrons. The predicted octanol–water partition coefficient (Wildman–Crippen LogP) is 4.05.